The summed E-state index contributed by atoms with van der Waals surface area (Å²) in [6, 6.07) is 7.54. The summed E-state index contributed by atoms with van der Waals surface area (Å²) in [7, 11) is 1.56. The van der Waals surface area contributed by atoms with E-state index < -0.39 is 0 Å². The molecule has 0 spiro atoms. The zero-order valence-corrected chi connectivity index (χ0v) is 13.4. The van der Waals surface area contributed by atoms with Crippen molar-refractivity contribution in [1.29, 1.82) is 0 Å². The van der Waals surface area contributed by atoms with Crippen molar-refractivity contribution in [2.45, 2.75) is 25.3 Å². The van der Waals surface area contributed by atoms with Crippen LogP contribution in [-0.4, -0.2) is 49.6 Å². The van der Waals surface area contributed by atoms with Crippen molar-refractivity contribution < 1.29 is 14.3 Å². The first-order chi connectivity index (χ1) is 10.6. The van der Waals surface area contributed by atoms with Crippen LogP contribution in [-0.2, 0) is 20.7 Å². The van der Waals surface area contributed by atoms with Crippen LogP contribution >= 0.6 is 11.6 Å². The molecule has 0 aliphatic carbocycles. The van der Waals surface area contributed by atoms with Crippen LogP contribution in [0.2, 0.25) is 5.02 Å². The van der Waals surface area contributed by atoms with Crippen LogP contribution in [0.3, 0.4) is 0 Å². The molecule has 1 fully saturated rings. The minimum absolute atomic E-state index is 0.0728. The van der Waals surface area contributed by atoms with E-state index in [1.807, 2.05) is 24.3 Å². The van der Waals surface area contributed by atoms with E-state index in [1.54, 1.807) is 12.0 Å². The van der Waals surface area contributed by atoms with Crippen molar-refractivity contribution in [2.24, 2.45) is 0 Å². The predicted octanol–water partition coefficient (Wildman–Crippen LogP) is 1.64. The Morgan fingerprint density at radius 3 is 3.05 bits per heavy atom. The minimum atomic E-state index is -0.101. The number of ether oxygens (including phenoxy) is 1. The van der Waals surface area contributed by atoms with Gasteiger partial charge in [0.25, 0.3) is 0 Å². The smallest absolute Gasteiger partial charge is 0.224 e. The summed E-state index contributed by atoms with van der Waals surface area (Å²) >= 11 is 5.95. The van der Waals surface area contributed by atoms with Crippen molar-refractivity contribution in [1.82, 2.24) is 10.2 Å². The van der Waals surface area contributed by atoms with Gasteiger partial charge in [-0.15, -0.1) is 0 Å². The van der Waals surface area contributed by atoms with Gasteiger partial charge in [0.05, 0.1) is 12.6 Å². The molecule has 2 amide bonds. The lowest BCUT2D eigenvalue weighted by Crippen LogP contribution is -2.37. The maximum absolute atomic E-state index is 12.0. The third-order valence-electron chi connectivity index (χ3n) is 3.67. The van der Waals surface area contributed by atoms with Gasteiger partial charge in [0, 0.05) is 38.1 Å². The van der Waals surface area contributed by atoms with E-state index in [0.29, 0.717) is 37.6 Å². The van der Waals surface area contributed by atoms with Crippen molar-refractivity contribution in [2.75, 3.05) is 26.8 Å². The summed E-state index contributed by atoms with van der Waals surface area (Å²) in [5.74, 6) is 0.00964. The van der Waals surface area contributed by atoms with Gasteiger partial charge in [0.15, 0.2) is 0 Å². The molecule has 0 saturated carbocycles. The lowest BCUT2D eigenvalue weighted by atomic mass is 10.1. The maximum atomic E-state index is 12.0. The standard InChI is InChI=1S/C16H21ClN2O3/c1-22-8-6-15(20)18-14-10-16(21)19(11-14)7-5-12-3-2-4-13(17)9-12/h2-4,9,14H,5-8,10-11H2,1H3,(H,18,20)/t14-/m1/s1. The first kappa shape index (κ1) is 16.8. The summed E-state index contributed by atoms with van der Waals surface area (Å²) in [6.45, 7) is 1.60. The fraction of sp³-hybridized carbons (Fsp3) is 0.500. The highest BCUT2D eigenvalue weighted by atomic mass is 35.5. The Balaban J connectivity index is 1.78. The third kappa shape index (κ3) is 5.00. The number of methoxy groups -OCH3 is 1. The second-order valence-electron chi connectivity index (χ2n) is 5.43. The lowest BCUT2D eigenvalue weighted by Gasteiger charge is -2.17. The van der Waals surface area contributed by atoms with Gasteiger partial charge in [0.1, 0.15) is 0 Å². The first-order valence-corrected chi connectivity index (χ1v) is 7.77. The quantitative estimate of drug-likeness (QED) is 0.829. The molecule has 0 bridgehead atoms. The Morgan fingerprint density at radius 1 is 1.50 bits per heavy atom. The van der Waals surface area contributed by atoms with E-state index >= 15 is 0 Å². The number of hydrogen-bond acceptors (Lipinski definition) is 3. The molecule has 22 heavy (non-hydrogen) atoms. The molecule has 6 heteroatoms. The van der Waals surface area contributed by atoms with Gasteiger partial charge in [-0.05, 0) is 24.1 Å². The molecular weight excluding hydrogens is 304 g/mol. The highest BCUT2D eigenvalue weighted by Gasteiger charge is 2.29. The van der Waals surface area contributed by atoms with Gasteiger partial charge in [-0.2, -0.15) is 0 Å². The number of nitrogens with one attached hydrogen (secondary N) is 1. The number of nitrogens with zero attached hydrogens (tertiary/aromatic N) is 1. The molecule has 1 aromatic rings. The van der Waals surface area contributed by atoms with E-state index in [2.05, 4.69) is 5.32 Å². The Kier molecular flexibility index (Phi) is 6.21. The monoisotopic (exact) mass is 324 g/mol. The van der Waals surface area contributed by atoms with Crippen LogP contribution in [0.1, 0.15) is 18.4 Å². The topological polar surface area (TPSA) is 58.6 Å². The molecule has 120 valence electrons. The molecule has 1 aliphatic heterocycles. The molecule has 1 heterocycles. The fourth-order valence-electron chi connectivity index (χ4n) is 2.54. The van der Waals surface area contributed by atoms with Gasteiger partial charge >= 0.3 is 0 Å². The summed E-state index contributed by atoms with van der Waals surface area (Å²) < 4.78 is 4.87. The molecule has 1 saturated heterocycles. The Hall–Kier alpha value is -1.59. The van der Waals surface area contributed by atoms with Gasteiger partial charge < -0.3 is 15.0 Å². The minimum Gasteiger partial charge on any atom is -0.384 e. The molecule has 1 atom stereocenters. The molecule has 0 aromatic heterocycles. The van der Waals surface area contributed by atoms with E-state index in [4.69, 9.17) is 16.3 Å². The molecular formula is C16H21ClN2O3. The zero-order valence-electron chi connectivity index (χ0n) is 12.7. The highest BCUT2D eigenvalue weighted by Crippen LogP contribution is 2.15. The first-order valence-electron chi connectivity index (χ1n) is 7.39. The van der Waals surface area contributed by atoms with Crippen LogP contribution in [0.5, 0.6) is 0 Å². The molecule has 1 aliphatic rings. The number of likely N-dealkylation sites (tertiary alicyclic amines) is 1. The van der Waals surface area contributed by atoms with E-state index in [1.165, 1.54) is 0 Å². The molecule has 2 rings (SSSR count). The van der Waals surface area contributed by atoms with Crippen molar-refractivity contribution >= 4 is 23.4 Å². The molecule has 1 N–H and O–H groups in total. The van der Waals surface area contributed by atoms with Gasteiger partial charge in [-0.1, -0.05) is 23.7 Å². The Morgan fingerprint density at radius 2 is 2.32 bits per heavy atom. The number of carbonyl (C=O) groups is 2. The van der Waals surface area contributed by atoms with Crippen LogP contribution < -0.4 is 5.32 Å². The maximum Gasteiger partial charge on any atom is 0.224 e. The van der Waals surface area contributed by atoms with Crippen molar-refractivity contribution in [3.05, 3.63) is 34.9 Å². The Labute approximate surface area is 135 Å². The average Bonchev–Trinajstić information content (AvgIpc) is 2.83. The van der Waals surface area contributed by atoms with Crippen molar-refractivity contribution in [3.8, 4) is 0 Å². The third-order valence-corrected chi connectivity index (χ3v) is 3.91. The number of halogens is 1. The van der Waals surface area contributed by atoms with Gasteiger partial charge in [-0.25, -0.2) is 0 Å². The van der Waals surface area contributed by atoms with Crippen LogP contribution in [0.15, 0.2) is 24.3 Å². The second kappa shape index (κ2) is 8.15. The number of benzene rings is 1. The zero-order chi connectivity index (χ0) is 15.9. The van der Waals surface area contributed by atoms with E-state index in [9.17, 15) is 9.59 Å². The average molecular weight is 325 g/mol. The molecule has 0 radical (unpaired) electrons. The van der Waals surface area contributed by atoms with Gasteiger partial charge in [-0.3, -0.25) is 9.59 Å². The normalized spacial score (nSPS) is 17.8. The molecule has 5 nitrogen and oxygen atoms in total. The SMILES string of the molecule is COCCC(=O)N[C@@H]1CC(=O)N(CCc2cccc(Cl)c2)C1. The molecule has 1 aromatic carbocycles. The summed E-state index contributed by atoms with van der Waals surface area (Å²) in [6.07, 6.45) is 1.45. The number of hydrogen-bond donors (Lipinski definition) is 1. The predicted molar refractivity (Wildman–Crippen MR) is 84.8 cm³/mol. The summed E-state index contributed by atoms with van der Waals surface area (Å²) in [4.78, 5) is 25.4. The Bertz CT molecular complexity index is 536. The lowest BCUT2D eigenvalue weighted by molar-refractivity contribution is -0.127. The number of amides is 2. The fourth-order valence-corrected chi connectivity index (χ4v) is 2.75. The van der Waals surface area contributed by atoms with Gasteiger partial charge in [0.2, 0.25) is 11.8 Å². The number of carbonyl (C=O) groups excluding carboxylic acids is 2. The van der Waals surface area contributed by atoms with Crippen LogP contribution in [0.4, 0.5) is 0 Å². The van der Waals surface area contributed by atoms with Crippen molar-refractivity contribution in [3.63, 3.8) is 0 Å². The van der Waals surface area contributed by atoms with Crippen LogP contribution in [0, 0.1) is 0 Å². The van der Waals surface area contributed by atoms with E-state index in [0.717, 1.165) is 12.0 Å². The highest BCUT2D eigenvalue weighted by molar-refractivity contribution is 6.30. The second-order valence-corrected chi connectivity index (χ2v) is 5.87. The molecule has 0 unspecified atom stereocenters. The van der Waals surface area contributed by atoms with E-state index in [-0.39, 0.29) is 17.9 Å². The van der Waals surface area contributed by atoms with Crippen LogP contribution in [0.25, 0.3) is 0 Å². The summed E-state index contributed by atoms with van der Waals surface area (Å²) in [5, 5.41) is 3.58. The number of rotatable bonds is 7. The summed E-state index contributed by atoms with van der Waals surface area (Å²) in [5.41, 5.74) is 1.10. The largest absolute Gasteiger partial charge is 0.384 e.